The van der Waals surface area contributed by atoms with E-state index in [9.17, 15) is 15.0 Å². The van der Waals surface area contributed by atoms with E-state index in [1.807, 2.05) is 0 Å². The summed E-state index contributed by atoms with van der Waals surface area (Å²) >= 11 is 0. The number of rotatable bonds is 4. The zero-order chi connectivity index (χ0) is 19.2. The summed E-state index contributed by atoms with van der Waals surface area (Å²) in [5.74, 6) is 0.941. The predicted molar refractivity (Wildman–Crippen MR) is 101 cm³/mol. The number of hydrogen-bond donors (Lipinski definition) is 2. The van der Waals surface area contributed by atoms with E-state index in [-0.39, 0.29) is 28.8 Å². The molecule has 148 valence electrons. The number of aliphatic hydroxyl groups is 2. The van der Waals surface area contributed by atoms with Crippen molar-refractivity contribution >= 4 is 5.97 Å². The number of hydrogen-bond acceptors (Lipinski definition) is 4. The first-order valence-corrected chi connectivity index (χ1v) is 10.3. The van der Waals surface area contributed by atoms with Crippen molar-refractivity contribution in [3.05, 3.63) is 11.6 Å². The number of aliphatic hydroxyl groups excluding tert-OH is 2. The molecule has 26 heavy (non-hydrogen) atoms. The molecule has 0 amide bonds. The van der Waals surface area contributed by atoms with Gasteiger partial charge in [-0.05, 0) is 55.8 Å². The highest BCUT2D eigenvalue weighted by atomic mass is 16.5. The Labute approximate surface area is 158 Å². The highest BCUT2D eigenvalue weighted by Crippen LogP contribution is 2.64. The Hall–Kier alpha value is -0.870. The Morgan fingerprint density at radius 1 is 1.27 bits per heavy atom. The van der Waals surface area contributed by atoms with Crippen LogP contribution in [0.2, 0.25) is 0 Å². The molecule has 0 aromatic rings. The van der Waals surface area contributed by atoms with Gasteiger partial charge in [-0.1, -0.05) is 38.8 Å². The first-order valence-electron chi connectivity index (χ1n) is 10.3. The quantitative estimate of drug-likeness (QED) is 0.587. The van der Waals surface area contributed by atoms with E-state index < -0.39 is 6.10 Å². The zero-order valence-corrected chi connectivity index (χ0v) is 16.9. The topological polar surface area (TPSA) is 66.8 Å². The molecule has 0 saturated heterocycles. The van der Waals surface area contributed by atoms with Gasteiger partial charge in [-0.15, -0.1) is 0 Å². The van der Waals surface area contributed by atoms with Crippen LogP contribution in [-0.2, 0) is 9.53 Å². The van der Waals surface area contributed by atoms with Gasteiger partial charge < -0.3 is 14.9 Å². The zero-order valence-electron chi connectivity index (χ0n) is 16.9. The van der Waals surface area contributed by atoms with E-state index in [0.717, 1.165) is 32.1 Å². The van der Waals surface area contributed by atoms with Crippen LogP contribution in [0.25, 0.3) is 0 Å². The summed E-state index contributed by atoms with van der Waals surface area (Å²) in [5.41, 5.74) is 1.49. The Morgan fingerprint density at radius 3 is 2.65 bits per heavy atom. The molecule has 0 bridgehead atoms. The highest BCUT2D eigenvalue weighted by molar-refractivity contribution is 5.65. The van der Waals surface area contributed by atoms with Gasteiger partial charge in [-0.2, -0.15) is 0 Å². The van der Waals surface area contributed by atoms with Crippen LogP contribution in [0.3, 0.4) is 0 Å². The molecule has 3 aliphatic carbocycles. The number of ether oxygens (including phenoxy) is 1. The van der Waals surface area contributed by atoms with Gasteiger partial charge in [-0.3, -0.25) is 4.79 Å². The molecule has 0 aliphatic heterocycles. The average molecular weight is 365 g/mol. The summed E-state index contributed by atoms with van der Waals surface area (Å²) in [5, 5.41) is 19.7. The molecule has 2 N–H and O–H groups in total. The Bertz CT molecular complexity index is 585. The molecule has 0 heterocycles. The monoisotopic (exact) mass is 364 g/mol. The molecule has 0 aromatic carbocycles. The van der Waals surface area contributed by atoms with Crippen LogP contribution in [0.1, 0.15) is 72.6 Å². The molecule has 2 fully saturated rings. The minimum atomic E-state index is -0.679. The summed E-state index contributed by atoms with van der Waals surface area (Å²) in [6, 6.07) is 0. The van der Waals surface area contributed by atoms with Gasteiger partial charge in [0.05, 0.1) is 19.3 Å². The summed E-state index contributed by atoms with van der Waals surface area (Å²) in [6.07, 6.45) is 9.36. The third kappa shape index (κ3) is 3.24. The maximum absolute atomic E-state index is 11.4. The van der Waals surface area contributed by atoms with Crippen molar-refractivity contribution in [1.29, 1.82) is 0 Å². The molecule has 6 atom stereocenters. The molecule has 0 radical (unpaired) electrons. The van der Waals surface area contributed by atoms with E-state index in [1.165, 1.54) is 25.3 Å². The van der Waals surface area contributed by atoms with Crippen molar-refractivity contribution in [3.63, 3.8) is 0 Å². The van der Waals surface area contributed by atoms with Crippen LogP contribution >= 0.6 is 0 Å². The van der Waals surface area contributed by atoms with Crippen molar-refractivity contribution in [1.82, 2.24) is 0 Å². The van der Waals surface area contributed by atoms with E-state index in [0.29, 0.717) is 18.4 Å². The van der Waals surface area contributed by atoms with Gasteiger partial charge in [0, 0.05) is 17.8 Å². The van der Waals surface area contributed by atoms with Crippen molar-refractivity contribution in [2.75, 3.05) is 13.2 Å². The third-order valence-electron chi connectivity index (χ3n) is 8.09. The number of carbonyl (C=O) groups is 1. The second-order valence-corrected chi connectivity index (χ2v) is 9.90. The van der Waals surface area contributed by atoms with Crippen LogP contribution < -0.4 is 0 Å². The largest absolute Gasteiger partial charge is 0.465 e. The first-order chi connectivity index (χ1) is 12.1. The lowest BCUT2D eigenvalue weighted by molar-refractivity contribution is -0.153. The maximum atomic E-state index is 11.4. The van der Waals surface area contributed by atoms with Crippen LogP contribution in [0, 0.1) is 28.1 Å². The van der Waals surface area contributed by atoms with E-state index in [2.05, 4.69) is 26.8 Å². The Morgan fingerprint density at radius 2 is 2.00 bits per heavy atom. The molecular formula is C22H36O4. The van der Waals surface area contributed by atoms with Gasteiger partial charge in [0.1, 0.15) is 0 Å². The average Bonchev–Trinajstić information content (AvgIpc) is 2.58. The van der Waals surface area contributed by atoms with Gasteiger partial charge in [0.2, 0.25) is 0 Å². The normalized spacial score (nSPS) is 43.7. The molecule has 3 rings (SSSR count). The number of fused-ring (bicyclic) bond motifs is 3. The summed E-state index contributed by atoms with van der Waals surface area (Å²) in [7, 11) is 0. The molecule has 0 spiro atoms. The molecule has 6 unspecified atom stereocenters. The molecule has 0 aromatic heterocycles. The van der Waals surface area contributed by atoms with Gasteiger partial charge >= 0.3 is 5.97 Å². The SMILES string of the molecule is CC(=O)OCC1(C)CCCC2(C)C3CCC(C)(C(O)CO)C=C3CCC12. The van der Waals surface area contributed by atoms with Crippen LogP contribution in [0.5, 0.6) is 0 Å². The molecule has 3 aliphatic rings. The predicted octanol–water partition coefficient (Wildman–Crippen LogP) is 3.85. The smallest absolute Gasteiger partial charge is 0.302 e. The summed E-state index contributed by atoms with van der Waals surface area (Å²) < 4.78 is 5.48. The lowest BCUT2D eigenvalue weighted by Crippen LogP contribution is -2.53. The number of carbonyl (C=O) groups excluding carboxylic acids is 1. The summed E-state index contributed by atoms with van der Waals surface area (Å²) in [6.45, 7) is 8.71. The Balaban J connectivity index is 1.87. The minimum Gasteiger partial charge on any atom is -0.465 e. The standard InChI is InChI=1S/C22H36O4/c1-15(24)26-14-21(3)9-5-10-22(4)17-8-11-20(2,19(25)13-23)12-16(17)6-7-18(21)22/h12,17-19,23,25H,5-11,13-14H2,1-4H3. The van der Waals surface area contributed by atoms with Gasteiger partial charge in [0.15, 0.2) is 0 Å². The lowest BCUT2D eigenvalue weighted by Gasteiger charge is -2.60. The van der Waals surface area contributed by atoms with E-state index >= 15 is 0 Å². The fourth-order valence-electron chi connectivity index (χ4n) is 6.57. The molecular weight excluding hydrogens is 328 g/mol. The lowest BCUT2D eigenvalue weighted by atomic mass is 9.45. The fraction of sp³-hybridized carbons (Fsp3) is 0.864. The van der Waals surface area contributed by atoms with Crippen LogP contribution in [0.15, 0.2) is 11.6 Å². The van der Waals surface area contributed by atoms with Crippen molar-refractivity contribution in [2.24, 2.45) is 28.1 Å². The minimum absolute atomic E-state index is 0.0650. The van der Waals surface area contributed by atoms with E-state index in [1.54, 1.807) is 0 Å². The molecule has 4 nitrogen and oxygen atoms in total. The van der Waals surface area contributed by atoms with Crippen LogP contribution in [0.4, 0.5) is 0 Å². The third-order valence-corrected chi connectivity index (χ3v) is 8.09. The fourth-order valence-corrected chi connectivity index (χ4v) is 6.57. The maximum Gasteiger partial charge on any atom is 0.302 e. The second-order valence-electron chi connectivity index (χ2n) is 9.90. The number of allylic oxidation sites excluding steroid dienone is 1. The Kier molecular flexibility index (Phi) is 5.31. The van der Waals surface area contributed by atoms with E-state index in [4.69, 9.17) is 4.74 Å². The van der Waals surface area contributed by atoms with Crippen LogP contribution in [-0.4, -0.2) is 35.5 Å². The van der Waals surface area contributed by atoms with Crippen molar-refractivity contribution < 1.29 is 19.7 Å². The molecule has 2 saturated carbocycles. The highest BCUT2D eigenvalue weighted by Gasteiger charge is 2.56. The van der Waals surface area contributed by atoms with Crippen molar-refractivity contribution in [3.8, 4) is 0 Å². The van der Waals surface area contributed by atoms with Gasteiger partial charge in [-0.25, -0.2) is 0 Å². The van der Waals surface area contributed by atoms with Gasteiger partial charge in [0.25, 0.3) is 0 Å². The molecule has 4 heteroatoms. The first kappa shape index (κ1) is 19.9. The van der Waals surface area contributed by atoms with Crippen molar-refractivity contribution in [2.45, 2.75) is 78.7 Å². The second kappa shape index (κ2) is 6.94. The number of esters is 1. The summed E-state index contributed by atoms with van der Waals surface area (Å²) in [4.78, 5) is 11.4.